The molecule has 2 aliphatic rings. The Balaban J connectivity index is 1.49. The minimum atomic E-state index is 0.0971. The van der Waals surface area contributed by atoms with Crippen LogP contribution in [-0.2, 0) is 9.53 Å². The summed E-state index contributed by atoms with van der Waals surface area (Å²) in [6.07, 6.45) is 6.10. The Kier molecular flexibility index (Phi) is 9.00. The van der Waals surface area contributed by atoms with E-state index in [2.05, 4.69) is 51.7 Å². The molecular weight excluding hydrogens is 390 g/mol. The molecule has 0 bridgehead atoms. The predicted octanol–water partition coefficient (Wildman–Crippen LogP) is 2.49. The van der Waals surface area contributed by atoms with Crippen molar-refractivity contribution in [3.63, 3.8) is 0 Å². The van der Waals surface area contributed by atoms with Gasteiger partial charge in [0.15, 0.2) is 5.96 Å². The molecule has 7 heteroatoms. The first-order valence-electron chi connectivity index (χ1n) is 11.7. The van der Waals surface area contributed by atoms with E-state index < -0.39 is 0 Å². The smallest absolute Gasteiger partial charge is 0.244 e. The van der Waals surface area contributed by atoms with E-state index in [0.717, 1.165) is 58.3 Å². The van der Waals surface area contributed by atoms with Crippen LogP contribution in [0.1, 0.15) is 39.0 Å². The molecule has 172 valence electrons. The van der Waals surface area contributed by atoms with E-state index in [1.807, 2.05) is 11.0 Å². The number of para-hydroxylation sites is 1. The molecule has 1 saturated heterocycles. The Morgan fingerprint density at radius 3 is 2.45 bits per heavy atom. The van der Waals surface area contributed by atoms with Gasteiger partial charge in [-0.15, -0.1) is 0 Å². The zero-order valence-electron chi connectivity index (χ0n) is 19.2. The summed E-state index contributed by atoms with van der Waals surface area (Å²) < 4.78 is 5.34. The Morgan fingerprint density at radius 1 is 1.10 bits per heavy atom. The molecule has 0 aromatic heterocycles. The van der Waals surface area contributed by atoms with Crippen LogP contribution >= 0.6 is 0 Å². The van der Waals surface area contributed by atoms with Gasteiger partial charge >= 0.3 is 0 Å². The van der Waals surface area contributed by atoms with E-state index in [0.29, 0.717) is 0 Å². The molecule has 1 aliphatic heterocycles. The third-order valence-corrected chi connectivity index (χ3v) is 6.60. The first kappa shape index (κ1) is 23.4. The van der Waals surface area contributed by atoms with E-state index in [4.69, 9.17) is 4.74 Å². The van der Waals surface area contributed by atoms with Crippen LogP contribution < -0.4 is 15.5 Å². The molecular formula is C24H39N5O2. The second-order valence-corrected chi connectivity index (χ2v) is 8.70. The van der Waals surface area contributed by atoms with Crippen LogP contribution in [0.5, 0.6) is 0 Å². The number of hydrogen-bond donors (Lipinski definition) is 2. The van der Waals surface area contributed by atoms with Crippen molar-refractivity contribution in [2.45, 2.75) is 39.0 Å². The van der Waals surface area contributed by atoms with E-state index in [1.54, 1.807) is 7.11 Å². The summed E-state index contributed by atoms with van der Waals surface area (Å²) in [6.45, 7) is 7.90. The maximum absolute atomic E-state index is 12.7. The topological polar surface area (TPSA) is 69.2 Å². The van der Waals surface area contributed by atoms with Gasteiger partial charge in [-0.1, -0.05) is 31.0 Å². The number of anilines is 1. The van der Waals surface area contributed by atoms with Crippen molar-refractivity contribution in [1.82, 2.24) is 15.5 Å². The number of amides is 1. The van der Waals surface area contributed by atoms with Crippen molar-refractivity contribution >= 4 is 17.6 Å². The average Bonchev–Trinajstić information content (AvgIpc) is 3.29. The number of carbonyl (C=O) groups is 1. The van der Waals surface area contributed by atoms with Gasteiger partial charge in [0.2, 0.25) is 5.91 Å². The fourth-order valence-electron chi connectivity index (χ4n) is 4.67. The number of aliphatic imine (C=N–C) groups is 1. The molecule has 31 heavy (non-hydrogen) atoms. The summed E-state index contributed by atoms with van der Waals surface area (Å²) in [5.41, 5.74) is 1.50. The summed E-state index contributed by atoms with van der Waals surface area (Å²) in [5.74, 6) is 0.836. The summed E-state index contributed by atoms with van der Waals surface area (Å²) in [4.78, 5) is 21.6. The molecule has 1 aliphatic carbocycles. The Labute approximate surface area is 187 Å². The highest BCUT2D eigenvalue weighted by Gasteiger charge is 2.33. The molecule has 0 unspecified atom stereocenters. The molecule has 3 rings (SSSR count). The molecule has 1 aromatic rings. The number of ether oxygens (including phenoxy) is 1. The predicted molar refractivity (Wildman–Crippen MR) is 127 cm³/mol. The number of nitrogens with one attached hydrogen (secondary N) is 2. The Morgan fingerprint density at radius 2 is 1.81 bits per heavy atom. The second-order valence-electron chi connectivity index (χ2n) is 8.70. The molecule has 1 aromatic carbocycles. The molecule has 1 amide bonds. The lowest BCUT2D eigenvalue weighted by molar-refractivity contribution is -0.129. The van der Waals surface area contributed by atoms with Gasteiger partial charge in [-0.3, -0.25) is 4.79 Å². The number of nitrogens with zero attached hydrogens (tertiary/aromatic N) is 3. The molecule has 2 N–H and O–H groups in total. The highest BCUT2D eigenvalue weighted by Crippen LogP contribution is 2.40. The van der Waals surface area contributed by atoms with E-state index in [1.165, 1.54) is 31.4 Å². The van der Waals surface area contributed by atoms with Crippen LogP contribution in [0.15, 0.2) is 35.3 Å². The Bertz CT molecular complexity index is 695. The van der Waals surface area contributed by atoms with Crippen molar-refractivity contribution < 1.29 is 9.53 Å². The molecule has 0 spiro atoms. The first-order valence-corrected chi connectivity index (χ1v) is 11.7. The van der Waals surface area contributed by atoms with Crippen LogP contribution in [0, 0.1) is 5.41 Å². The lowest BCUT2D eigenvalue weighted by Gasteiger charge is -2.36. The lowest BCUT2D eigenvalue weighted by atomic mass is 9.83. The van der Waals surface area contributed by atoms with Gasteiger partial charge in [-0.25, -0.2) is 4.99 Å². The largest absolute Gasteiger partial charge is 0.385 e. The molecule has 2 fully saturated rings. The minimum Gasteiger partial charge on any atom is -0.385 e. The van der Waals surface area contributed by atoms with Gasteiger partial charge in [0.25, 0.3) is 0 Å². The van der Waals surface area contributed by atoms with Gasteiger partial charge < -0.3 is 25.2 Å². The number of benzene rings is 1. The maximum atomic E-state index is 12.7. The minimum absolute atomic E-state index is 0.0971. The average molecular weight is 430 g/mol. The highest BCUT2D eigenvalue weighted by molar-refractivity contribution is 5.85. The van der Waals surface area contributed by atoms with Crippen molar-refractivity contribution in [1.29, 1.82) is 0 Å². The molecule has 1 heterocycles. The van der Waals surface area contributed by atoms with Crippen LogP contribution in [0.4, 0.5) is 5.69 Å². The molecule has 1 saturated carbocycles. The summed E-state index contributed by atoms with van der Waals surface area (Å²) in [6, 6.07) is 10.4. The number of rotatable bonds is 9. The number of carbonyl (C=O) groups excluding carboxylic acids is 1. The van der Waals surface area contributed by atoms with Crippen molar-refractivity contribution in [2.75, 3.05) is 64.4 Å². The van der Waals surface area contributed by atoms with Crippen LogP contribution in [-0.4, -0.2) is 76.3 Å². The fourth-order valence-corrected chi connectivity index (χ4v) is 4.67. The van der Waals surface area contributed by atoms with Gasteiger partial charge in [-0.05, 0) is 43.7 Å². The zero-order chi connectivity index (χ0) is 21.9. The standard InChI is InChI=1S/C24H39N5O2/c1-3-25-23(27-20-24(13-18-31-2)11-7-8-12-24)26-19-22(30)29-16-14-28(15-17-29)21-9-5-4-6-10-21/h4-6,9-10H,3,7-8,11-20H2,1-2H3,(H2,25,26,27). The summed E-state index contributed by atoms with van der Waals surface area (Å²) in [7, 11) is 1.77. The summed E-state index contributed by atoms with van der Waals surface area (Å²) >= 11 is 0. The lowest BCUT2D eigenvalue weighted by Crippen LogP contribution is -2.50. The second kappa shape index (κ2) is 11.9. The highest BCUT2D eigenvalue weighted by atomic mass is 16.5. The van der Waals surface area contributed by atoms with Crippen LogP contribution in [0.2, 0.25) is 0 Å². The quantitative estimate of drug-likeness (QED) is 0.466. The third kappa shape index (κ3) is 6.86. The number of hydrogen-bond acceptors (Lipinski definition) is 4. The maximum Gasteiger partial charge on any atom is 0.244 e. The third-order valence-electron chi connectivity index (χ3n) is 6.60. The van der Waals surface area contributed by atoms with Crippen molar-refractivity contribution in [3.8, 4) is 0 Å². The number of methoxy groups -OCH3 is 1. The van der Waals surface area contributed by atoms with Gasteiger partial charge in [0.05, 0.1) is 0 Å². The van der Waals surface area contributed by atoms with E-state index in [9.17, 15) is 4.79 Å². The molecule has 0 radical (unpaired) electrons. The van der Waals surface area contributed by atoms with Crippen LogP contribution in [0.3, 0.4) is 0 Å². The van der Waals surface area contributed by atoms with Crippen molar-refractivity contribution in [3.05, 3.63) is 30.3 Å². The SMILES string of the molecule is CCNC(=NCC(=O)N1CCN(c2ccccc2)CC1)NCC1(CCOC)CCCC1. The number of guanidine groups is 1. The first-order chi connectivity index (χ1) is 15.2. The van der Waals surface area contributed by atoms with Gasteiger partial charge in [0, 0.05) is 58.7 Å². The molecule has 7 nitrogen and oxygen atoms in total. The van der Waals surface area contributed by atoms with E-state index in [-0.39, 0.29) is 17.9 Å². The van der Waals surface area contributed by atoms with Gasteiger partial charge in [-0.2, -0.15) is 0 Å². The van der Waals surface area contributed by atoms with Crippen LogP contribution in [0.25, 0.3) is 0 Å². The Hall–Kier alpha value is -2.28. The molecule has 0 atom stereocenters. The monoisotopic (exact) mass is 429 g/mol. The van der Waals surface area contributed by atoms with Gasteiger partial charge in [0.1, 0.15) is 6.54 Å². The van der Waals surface area contributed by atoms with Crippen molar-refractivity contribution in [2.24, 2.45) is 10.4 Å². The number of piperazine rings is 1. The van der Waals surface area contributed by atoms with E-state index >= 15 is 0 Å². The fraction of sp³-hybridized carbons (Fsp3) is 0.667. The normalized spacial score (nSPS) is 18.8. The zero-order valence-corrected chi connectivity index (χ0v) is 19.2. The summed E-state index contributed by atoms with van der Waals surface area (Å²) in [5, 5.41) is 6.80.